The Hall–Kier alpha value is -0.350. The topological polar surface area (TPSA) is 15.3 Å². The highest BCUT2D eigenvalue weighted by molar-refractivity contribution is 6.35. The van der Waals surface area contributed by atoms with Crippen LogP contribution >= 0.6 is 23.2 Å². The largest absolute Gasteiger partial charge is 0.310 e. The second-order valence-electron chi connectivity index (χ2n) is 6.30. The second kappa shape index (κ2) is 6.41. The van der Waals surface area contributed by atoms with E-state index in [1.807, 2.05) is 6.92 Å². The van der Waals surface area contributed by atoms with Crippen molar-refractivity contribution in [3.63, 3.8) is 0 Å². The highest BCUT2D eigenvalue weighted by Gasteiger charge is 2.34. The maximum Gasteiger partial charge on any atom is 0.142 e. The maximum absolute atomic E-state index is 13.6. The lowest BCUT2D eigenvalue weighted by Gasteiger charge is -2.19. The van der Waals surface area contributed by atoms with Gasteiger partial charge in [-0.05, 0) is 62.9 Å². The number of nitrogens with one attached hydrogen (secondary N) is 1. The molecule has 0 radical (unpaired) electrons. The highest BCUT2D eigenvalue weighted by atomic mass is 35.5. The van der Waals surface area contributed by atoms with Crippen molar-refractivity contribution < 1.29 is 4.39 Å². The van der Waals surface area contributed by atoms with E-state index in [1.54, 1.807) is 0 Å². The fraction of sp³-hybridized carbons (Fsp3) is 0.625. The van der Waals surface area contributed by atoms with Gasteiger partial charge < -0.3 is 10.2 Å². The van der Waals surface area contributed by atoms with Gasteiger partial charge in [0.2, 0.25) is 0 Å². The molecular weight excluding hydrogens is 310 g/mol. The van der Waals surface area contributed by atoms with Crippen LogP contribution in [0.4, 0.5) is 4.39 Å². The average Bonchev–Trinajstić information content (AvgIpc) is 3.19. The van der Waals surface area contributed by atoms with Gasteiger partial charge in [0.15, 0.2) is 0 Å². The molecule has 0 aromatic heterocycles. The quantitative estimate of drug-likeness (QED) is 0.811. The monoisotopic (exact) mass is 330 g/mol. The molecule has 1 saturated carbocycles. The number of halogens is 3. The molecule has 3 rings (SSSR count). The molecule has 1 saturated heterocycles. The summed E-state index contributed by atoms with van der Waals surface area (Å²) in [5.41, 5.74) is 0.774. The van der Waals surface area contributed by atoms with Crippen LogP contribution in [0.15, 0.2) is 12.1 Å². The van der Waals surface area contributed by atoms with Gasteiger partial charge in [-0.1, -0.05) is 23.2 Å². The van der Waals surface area contributed by atoms with Gasteiger partial charge >= 0.3 is 0 Å². The third-order valence-corrected chi connectivity index (χ3v) is 5.22. The van der Waals surface area contributed by atoms with Gasteiger partial charge in [-0.15, -0.1) is 0 Å². The van der Waals surface area contributed by atoms with E-state index in [-0.39, 0.29) is 11.1 Å². The van der Waals surface area contributed by atoms with E-state index in [1.165, 1.54) is 44.5 Å². The highest BCUT2D eigenvalue weighted by Crippen LogP contribution is 2.32. The van der Waals surface area contributed by atoms with Crippen LogP contribution in [0, 0.1) is 11.7 Å². The minimum Gasteiger partial charge on any atom is -0.310 e. The van der Waals surface area contributed by atoms with Gasteiger partial charge in [-0.3, -0.25) is 0 Å². The standard InChI is InChI=1S/C16H21Cl2FN2/c1-10(13-6-16(19)15(18)7-14(13)17)20-8-11-4-5-21(9-11)12-2-3-12/h6-7,10-12,20H,2-5,8-9H2,1H3. The lowest BCUT2D eigenvalue weighted by Crippen LogP contribution is -2.29. The molecule has 0 bridgehead atoms. The lowest BCUT2D eigenvalue weighted by atomic mass is 10.1. The summed E-state index contributed by atoms with van der Waals surface area (Å²) in [4.78, 5) is 2.60. The Labute approximate surface area is 135 Å². The van der Waals surface area contributed by atoms with Gasteiger partial charge in [0.1, 0.15) is 5.82 Å². The van der Waals surface area contributed by atoms with Gasteiger partial charge in [-0.2, -0.15) is 0 Å². The Morgan fingerprint density at radius 2 is 2.05 bits per heavy atom. The normalized spacial score (nSPS) is 24.5. The molecule has 0 spiro atoms. The Bertz CT molecular complexity index is 519. The fourth-order valence-corrected chi connectivity index (χ4v) is 3.67. The number of hydrogen-bond donors (Lipinski definition) is 1. The number of hydrogen-bond acceptors (Lipinski definition) is 2. The van der Waals surface area contributed by atoms with Crippen molar-refractivity contribution in [1.82, 2.24) is 10.2 Å². The first-order chi connectivity index (χ1) is 10.0. The molecule has 1 aliphatic heterocycles. The molecule has 1 N–H and O–H groups in total. The lowest BCUT2D eigenvalue weighted by molar-refractivity contribution is 0.310. The Morgan fingerprint density at radius 1 is 1.29 bits per heavy atom. The van der Waals surface area contributed by atoms with Crippen molar-refractivity contribution in [2.24, 2.45) is 5.92 Å². The molecule has 2 atom stereocenters. The number of likely N-dealkylation sites (tertiary alicyclic amines) is 1. The zero-order valence-electron chi connectivity index (χ0n) is 12.2. The molecule has 2 fully saturated rings. The summed E-state index contributed by atoms with van der Waals surface area (Å²) in [6.07, 6.45) is 3.99. The predicted octanol–water partition coefficient (Wildman–Crippen LogP) is 4.27. The number of benzene rings is 1. The van der Waals surface area contributed by atoms with Crippen LogP contribution < -0.4 is 5.32 Å². The molecular formula is C16H21Cl2FN2. The molecule has 2 unspecified atom stereocenters. The molecule has 1 aromatic rings. The molecule has 5 heteroatoms. The van der Waals surface area contributed by atoms with Gasteiger partial charge in [0, 0.05) is 23.7 Å². The van der Waals surface area contributed by atoms with Crippen LogP contribution in [-0.4, -0.2) is 30.6 Å². The van der Waals surface area contributed by atoms with E-state index in [0.29, 0.717) is 10.9 Å². The van der Waals surface area contributed by atoms with E-state index in [2.05, 4.69) is 10.2 Å². The maximum atomic E-state index is 13.6. The van der Waals surface area contributed by atoms with Gasteiger partial charge in [0.05, 0.1) is 5.02 Å². The molecule has 2 aliphatic rings. The van der Waals surface area contributed by atoms with Crippen LogP contribution in [0.3, 0.4) is 0 Å². The van der Waals surface area contributed by atoms with Crippen LogP contribution in [0.1, 0.15) is 37.8 Å². The van der Waals surface area contributed by atoms with Crippen molar-refractivity contribution >= 4 is 23.2 Å². The molecule has 1 aromatic carbocycles. The zero-order chi connectivity index (χ0) is 15.0. The van der Waals surface area contributed by atoms with Crippen LogP contribution in [0.5, 0.6) is 0 Å². The summed E-state index contributed by atoms with van der Waals surface area (Å²) in [7, 11) is 0. The first kappa shape index (κ1) is 15.5. The third-order valence-electron chi connectivity index (χ3n) is 4.60. The first-order valence-corrected chi connectivity index (χ1v) is 8.42. The molecule has 1 heterocycles. The minimum atomic E-state index is -0.412. The van der Waals surface area contributed by atoms with Crippen LogP contribution in [0.2, 0.25) is 10.0 Å². The van der Waals surface area contributed by atoms with Crippen LogP contribution in [0.25, 0.3) is 0 Å². The summed E-state index contributed by atoms with van der Waals surface area (Å²) in [6.45, 7) is 5.38. The van der Waals surface area contributed by atoms with Crippen molar-refractivity contribution in [1.29, 1.82) is 0 Å². The van der Waals surface area contributed by atoms with Gasteiger partial charge in [0.25, 0.3) is 0 Å². The van der Waals surface area contributed by atoms with Crippen molar-refractivity contribution in [2.45, 2.75) is 38.3 Å². The van der Waals surface area contributed by atoms with E-state index < -0.39 is 5.82 Å². The summed E-state index contributed by atoms with van der Waals surface area (Å²) in [5, 5.41) is 4.08. The first-order valence-electron chi connectivity index (χ1n) is 7.66. The van der Waals surface area contributed by atoms with E-state index in [4.69, 9.17) is 23.2 Å². The number of rotatable bonds is 5. The summed E-state index contributed by atoms with van der Waals surface area (Å²) in [6, 6.07) is 3.80. The summed E-state index contributed by atoms with van der Waals surface area (Å²) >= 11 is 11.9. The summed E-state index contributed by atoms with van der Waals surface area (Å²) < 4.78 is 13.6. The minimum absolute atomic E-state index is 0.0271. The Kier molecular flexibility index (Phi) is 4.75. The van der Waals surface area contributed by atoms with Gasteiger partial charge in [-0.25, -0.2) is 4.39 Å². The Balaban J connectivity index is 1.54. The van der Waals surface area contributed by atoms with Crippen molar-refractivity contribution in [3.8, 4) is 0 Å². The second-order valence-corrected chi connectivity index (χ2v) is 7.11. The molecule has 116 valence electrons. The molecule has 21 heavy (non-hydrogen) atoms. The van der Waals surface area contributed by atoms with Crippen molar-refractivity contribution in [3.05, 3.63) is 33.6 Å². The molecule has 0 amide bonds. The number of nitrogens with zero attached hydrogens (tertiary/aromatic N) is 1. The van der Waals surface area contributed by atoms with Crippen molar-refractivity contribution in [2.75, 3.05) is 19.6 Å². The van der Waals surface area contributed by atoms with E-state index in [0.717, 1.165) is 18.2 Å². The molecule has 2 nitrogen and oxygen atoms in total. The fourth-order valence-electron chi connectivity index (χ4n) is 3.12. The Morgan fingerprint density at radius 3 is 2.76 bits per heavy atom. The average molecular weight is 331 g/mol. The van der Waals surface area contributed by atoms with E-state index in [9.17, 15) is 4.39 Å². The van der Waals surface area contributed by atoms with E-state index >= 15 is 0 Å². The third kappa shape index (κ3) is 3.70. The summed E-state index contributed by atoms with van der Waals surface area (Å²) in [5.74, 6) is 0.273. The van der Waals surface area contributed by atoms with Crippen LogP contribution in [-0.2, 0) is 0 Å². The smallest absolute Gasteiger partial charge is 0.142 e. The SMILES string of the molecule is CC(NCC1CCN(C2CC2)C1)c1cc(F)c(Cl)cc1Cl. The zero-order valence-corrected chi connectivity index (χ0v) is 13.7. The molecule has 1 aliphatic carbocycles. The predicted molar refractivity (Wildman–Crippen MR) is 85.5 cm³/mol.